The van der Waals surface area contributed by atoms with Crippen molar-refractivity contribution in [2.75, 3.05) is 0 Å². The topological polar surface area (TPSA) is 34.1 Å². The van der Waals surface area contributed by atoms with Crippen molar-refractivity contribution in [2.45, 2.75) is 41.5 Å². The standard InChI is InChI=1S/2C9H11.Mo.2O/c2*1-7-4-8(2)6-9(3)5-7;;;/h2*4-5H,1-3H3;;;/q2*-1;+2;;. The third-order valence-electron chi connectivity index (χ3n) is 2.57. The van der Waals surface area contributed by atoms with E-state index < -0.39 is 18.5 Å². The molecule has 3 heteroatoms. The Morgan fingerprint density at radius 2 is 0.810 bits per heavy atom. The van der Waals surface area contributed by atoms with Gasteiger partial charge in [-0.25, -0.2) is 0 Å². The Morgan fingerprint density at radius 3 is 0.952 bits per heavy atom. The molecule has 0 N–H and O–H groups in total. The Hall–Kier alpha value is -1.27. The van der Waals surface area contributed by atoms with Crippen molar-refractivity contribution in [1.29, 1.82) is 0 Å². The summed E-state index contributed by atoms with van der Waals surface area (Å²) < 4.78 is 17.0. The number of rotatable bonds is 0. The molecule has 2 nitrogen and oxygen atoms in total. The van der Waals surface area contributed by atoms with Gasteiger partial charge in [-0.2, -0.15) is 69.8 Å². The van der Waals surface area contributed by atoms with Crippen LogP contribution in [0.2, 0.25) is 0 Å². The Labute approximate surface area is 136 Å². The second-order valence-corrected chi connectivity index (χ2v) is 5.45. The Balaban J connectivity index is 0.000000322. The van der Waals surface area contributed by atoms with E-state index in [1.165, 1.54) is 33.4 Å². The van der Waals surface area contributed by atoms with Gasteiger partial charge in [0.1, 0.15) is 0 Å². The maximum absolute atomic E-state index is 8.50. The SMILES string of the molecule is Cc1[c-]c(C)cc(C)c1.Cc1[c-]c(C)cc(C)c1.[O]=[Mo+2]=[O]. The van der Waals surface area contributed by atoms with Crippen LogP contribution in [0.3, 0.4) is 0 Å². The molecule has 0 unspecified atom stereocenters. The Morgan fingerprint density at radius 1 is 0.619 bits per heavy atom. The minimum atomic E-state index is -2.03. The first-order chi connectivity index (χ1) is 9.78. The number of benzene rings is 2. The van der Waals surface area contributed by atoms with E-state index >= 15 is 0 Å². The molecule has 0 saturated heterocycles. The zero-order valence-corrected chi connectivity index (χ0v) is 15.5. The maximum atomic E-state index is 8.50. The summed E-state index contributed by atoms with van der Waals surface area (Å²) in [5, 5.41) is 0. The van der Waals surface area contributed by atoms with E-state index in [2.05, 4.69) is 77.9 Å². The van der Waals surface area contributed by atoms with Crippen LogP contribution in [0.5, 0.6) is 0 Å². The predicted octanol–water partition coefficient (Wildman–Crippen LogP) is 4.58. The summed E-state index contributed by atoms with van der Waals surface area (Å²) in [6.07, 6.45) is 0. The molecule has 0 aromatic heterocycles. The van der Waals surface area contributed by atoms with Crippen molar-refractivity contribution in [3.05, 3.63) is 69.8 Å². The normalized spacial score (nSPS) is 8.67. The molecular weight excluding hydrogens is 344 g/mol. The molecule has 0 amide bonds. The molecule has 0 bridgehead atoms. The second kappa shape index (κ2) is 10.5. The van der Waals surface area contributed by atoms with E-state index in [1.54, 1.807) is 0 Å². The fourth-order valence-electron chi connectivity index (χ4n) is 2.22. The predicted molar refractivity (Wildman–Crippen MR) is 80.4 cm³/mol. The Bertz CT molecular complexity index is 462. The molecule has 21 heavy (non-hydrogen) atoms. The third kappa shape index (κ3) is 10.1. The zero-order valence-electron chi connectivity index (χ0n) is 13.5. The van der Waals surface area contributed by atoms with Crippen LogP contribution < -0.4 is 0 Å². The zero-order chi connectivity index (χ0) is 16.4. The van der Waals surface area contributed by atoms with Gasteiger partial charge in [0, 0.05) is 0 Å². The minimum absolute atomic E-state index is 1.23. The van der Waals surface area contributed by atoms with Crippen molar-refractivity contribution in [3.8, 4) is 0 Å². The first-order valence-electron chi connectivity index (χ1n) is 6.64. The third-order valence-corrected chi connectivity index (χ3v) is 2.57. The fourth-order valence-corrected chi connectivity index (χ4v) is 2.22. The average Bonchev–Trinajstić information content (AvgIpc) is 2.26. The Kier molecular flexibility index (Phi) is 9.82. The van der Waals surface area contributed by atoms with Crippen LogP contribution in [-0.4, -0.2) is 0 Å². The van der Waals surface area contributed by atoms with E-state index in [4.69, 9.17) is 6.80 Å². The summed E-state index contributed by atoms with van der Waals surface area (Å²) in [6, 6.07) is 14.9. The van der Waals surface area contributed by atoms with Crippen molar-refractivity contribution >= 4 is 0 Å². The molecule has 112 valence electrons. The number of hydrogen-bond donors (Lipinski definition) is 0. The molecular formula is C18H22MoO2. The van der Waals surface area contributed by atoms with E-state index in [-0.39, 0.29) is 0 Å². The van der Waals surface area contributed by atoms with Gasteiger partial charge in [-0.05, 0) is 0 Å². The first-order valence-corrected chi connectivity index (χ1v) is 8.28. The quantitative estimate of drug-likeness (QED) is 0.505. The molecule has 0 heterocycles. The van der Waals surface area contributed by atoms with Crippen molar-refractivity contribution in [1.82, 2.24) is 0 Å². The van der Waals surface area contributed by atoms with Crippen molar-refractivity contribution in [3.63, 3.8) is 0 Å². The van der Waals surface area contributed by atoms with Crippen LogP contribution in [0.15, 0.2) is 24.3 Å². The monoisotopic (exact) mass is 368 g/mol. The van der Waals surface area contributed by atoms with Gasteiger partial charge in [-0.15, -0.1) is 0 Å². The summed E-state index contributed by atoms with van der Waals surface area (Å²) in [7, 11) is 0. The summed E-state index contributed by atoms with van der Waals surface area (Å²) in [5.41, 5.74) is 7.56. The van der Waals surface area contributed by atoms with Crippen LogP contribution in [0.25, 0.3) is 0 Å². The van der Waals surface area contributed by atoms with E-state index in [0.29, 0.717) is 0 Å². The summed E-state index contributed by atoms with van der Waals surface area (Å²) >= 11 is -2.03. The van der Waals surface area contributed by atoms with Gasteiger partial charge >= 0.3 is 25.3 Å². The van der Waals surface area contributed by atoms with Gasteiger partial charge in [0.2, 0.25) is 0 Å². The molecule has 0 spiro atoms. The van der Waals surface area contributed by atoms with E-state index in [9.17, 15) is 0 Å². The second-order valence-electron chi connectivity index (χ2n) is 5.12. The molecule has 2 aromatic rings. The molecule has 0 aliphatic heterocycles. The first kappa shape index (κ1) is 19.7. The average molecular weight is 366 g/mol. The van der Waals surface area contributed by atoms with Gasteiger partial charge in [0.15, 0.2) is 0 Å². The molecule has 0 radical (unpaired) electrons. The van der Waals surface area contributed by atoms with Crippen LogP contribution >= 0.6 is 0 Å². The molecule has 0 saturated carbocycles. The summed E-state index contributed by atoms with van der Waals surface area (Å²) in [5.74, 6) is 0. The summed E-state index contributed by atoms with van der Waals surface area (Å²) in [4.78, 5) is 0. The molecule has 0 aliphatic carbocycles. The van der Waals surface area contributed by atoms with E-state index in [0.717, 1.165) is 0 Å². The van der Waals surface area contributed by atoms with Crippen LogP contribution in [-0.2, 0) is 25.3 Å². The molecule has 0 atom stereocenters. The van der Waals surface area contributed by atoms with Gasteiger partial charge in [-0.3, -0.25) is 0 Å². The van der Waals surface area contributed by atoms with Crippen molar-refractivity contribution in [2.24, 2.45) is 0 Å². The van der Waals surface area contributed by atoms with E-state index in [1.807, 2.05) is 0 Å². The van der Waals surface area contributed by atoms with Crippen LogP contribution in [0.1, 0.15) is 33.4 Å². The van der Waals surface area contributed by atoms with Gasteiger partial charge < -0.3 is 0 Å². The number of aryl methyl sites for hydroxylation is 6. The molecule has 0 aliphatic rings. The summed E-state index contributed by atoms with van der Waals surface area (Å²) in [6.45, 7) is 12.5. The van der Waals surface area contributed by atoms with Gasteiger partial charge in [-0.1, -0.05) is 41.5 Å². The fraction of sp³-hybridized carbons (Fsp3) is 0.333. The van der Waals surface area contributed by atoms with Gasteiger partial charge in [0.25, 0.3) is 0 Å². The van der Waals surface area contributed by atoms with Crippen molar-refractivity contribution < 1.29 is 25.3 Å². The molecule has 2 aromatic carbocycles. The molecule has 0 fully saturated rings. The van der Waals surface area contributed by atoms with Crippen LogP contribution in [0.4, 0.5) is 0 Å². The van der Waals surface area contributed by atoms with Crippen LogP contribution in [0, 0.1) is 53.7 Å². The number of hydrogen-bond acceptors (Lipinski definition) is 2. The molecule has 2 rings (SSSR count). The van der Waals surface area contributed by atoms with Gasteiger partial charge in [0.05, 0.1) is 0 Å².